The van der Waals surface area contributed by atoms with Crippen molar-refractivity contribution in [2.75, 3.05) is 0 Å². The zero-order valence-corrected chi connectivity index (χ0v) is 22.7. The maximum absolute atomic E-state index is 2.80. The van der Waals surface area contributed by atoms with E-state index in [1.165, 1.54) is 96.3 Å². The summed E-state index contributed by atoms with van der Waals surface area (Å²) < 4.78 is 0. The summed E-state index contributed by atoms with van der Waals surface area (Å²) in [5.74, 6) is 6.79. The highest BCUT2D eigenvalue weighted by atomic mass is 14.6. The van der Waals surface area contributed by atoms with Gasteiger partial charge in [0.15, 0.2) is 0 Å². The van der Waals surface area contributed by atoms with Crippen LogP contribution >= 0.6 is 0 Å². The Hall–Kier alpha value is -0.260. The van der Waals surface area contributed by atoms with Crippen LogP contribution < -0.4 is 0 Å². The third-order valence-corrected chi connectivity index (χ3v) is 11.6. The Morgan fingerprint density at radius 3 is 2.47 bits per heavy atom. The molecule has 0 aliphatic heterocycles. The summed E-state index contributed by atoms with van der Waals surface area (Å²) in [6, 6.07) is 0. The molecule has 0 aromatic heterocycles. The number of hydrogen-bond donors (Lipinski definition) is 0. The van der Waals surface area contributed by atoms with Crippen molar-refractivity contribution < 1.29 is 0 Å². The van der Waals surface area contributed by atoms with Gasteiger partial charge in [0.05, 0.1) is 0 Å². The Labute approximate surface area is 201 Å². The van der Waals surface area contributed by atoms with Gasteiger partial charge in [-0.25, -0.2) is 0 Å². The van der Waals surface area contributed by atoms with Crippen molar-refractivity contribution in [1.82, 2.24) is 0 Å². The Balaban J connectivity index is 1.42. The van der Waals surface area contributed by atoms with Crippen LogP contribution in [0.15, 0.2) is 11.6 Å². The zero-order valence-electron chi connectivity index (χ0n) is 22.7. The van der Waals surface area contributed by atoms with E-state index in [9.17, 15) is 0 Å². The Morgan fingerprint density at radius 2 is 1.72 bits per heavy atom. The number of rotatable bonds is 9. The highest BCUT2D eigenvalue weighted by molar-refractivity contribution is 5.25. The third kappa shape index (κ3) is 4.64. The second kappa shape index (κ2) is 10.2. The molecular weight excluding hydrogens is 384 g/mol. The number of hydrogen-bond acceptors (Lipinski definition) is 0. The standard InChI is InChI=1S/C32H56/c1-7-8-9-13-25-18-20-31(5)26(22-25)14-15-27-29-17-16-28(24(4)12-10-11-23(2)3)32(29,6)21-19-30(27)31/h14,23-25,27-30H,7-13,15-22H2,1-6H3. The quantitative estimate of drug-likeness (QED) is 0.247. The molecule has 0 heteroatoms. The Kier molecular flexibility index (Phi) is 7.89. The van der Waals surface area contributed by atoms with Gasteiger partial charge in [-0.3, -0.25) is 0 Å². The van der Waals surface area contributed by atoms with Crippen LogP contribution in [0.5, 0.6) is 0 Å². The Morgan fingerprint density at radius 1 is 0.906 bits per heavy atom. The predicted octanol–water partition coefficient (Wildman–Crippen LogP) is 10.2. The smallest absolute Gasteiger partial charge is 0.00851 e. The maximum Gasteiger partial charge on any atom is -0.00851 e. The lowest BCUT2D eigenvalue weighted by Gasteiger charge is -2.58. The molecule has 0 saturated heterocycles. The van der Waals surface area contributed by atoms with E-state index in [0.29, 0.717) is 10.8 Å². The topological polar surface area (TPSA) is 0 Å². The van der Waals surface area contributed by atoms with Crippen LogP contribution in [-0.4, -0.2) is 0 Å². The fourth-order valence-corrected chi connectivity index (χ4v) is 9.69. The van der Waals surface area contributed by atoms with Gasteiger partial charge in [0.25, 0.3) is 0 Å². The van der Waals surface area contributed by atoms with Crippen LogP contribution in [0.4, 0.5) is 0 Å². The van der Waals surface area contributed by atoms with Crippen LogP contribution in [0, 0.1) is 52.3 Å². The first-order valence-corrected chi connectivity index (χ1v) is 15.0. The lowest BCUT2D eigenvalue weighted by atomic mass is 9.46. The molecule has 0 radical (unpaired) electrons. The van der Waals surface area contributed by atoms with Crippen molar-refractivity contribution in [1.29, 1.82) is 0 Å². The van der Waals surface area contributed by atoms with Gasteiger partial charge in [-0.15, -0.1) is 0 Å². The summed E-state index contributed by atoms with van der Waals surface area (Å²) >= 11 is 0. The van der Waals surface area contributed by atoms with Gasteiger partial charge in [0.2, 0.25) is 0 Å². The van der Waals surface area contributed by atoms with Crippen LogP contribution in [0.25, 0.3) is 0 Å². The molecule has 8 unspecified atom stereocenters. The molecule has 4 rings (SSSR count). The van der Waals surface area contributed by atoms with E-state index in [-0.39, 0.29) is 0 Å². The van der Waals surface area contributed by atoms with Gasteiger partial charge in [-0.05, 0) is 104 Å². The van der Waals surface area contributed by atoms with E-state index in [1.54, 1.807) is 0 Å². The van der Waals surface area contributed by atoms with Crippen molar-refractivity contribution in [3.8, 4) is 0 Å². The maximum atomic E-state index is 2.80. The molecule has 3 fully saturated rings. The van der Waals surface area contributed by atoms with Gasteiger partial charge in [-0.2, -0.15) is 0 Å². The van der Waals surface area contributed by atoms with Crippen molar-refractivity contribution in [2.24, 2.45) is 52.3 Å². The van der Waals surface area contributed by atoms with Gasteiger partial charge >= 0.3 is 0 Å². The van der Waals surface area contributed by atoms with Crippen molar-refractivity contribution in [3.63, 3.8) is 0 Å². The summed E-state index contributed by atoms with van der Waals surface area (Å²) in [4.78, 5) is 0. The van der Waals surface area contributed by atoms with E-state index < -0.39 is 0 Å². The average molecular weight is 441 g/mol. The first-order chi connectivity index (χ1) is 15.3. The lowest BCUT2D eigenvalue weighted by Crippen LogP contribution is -2.50. The minimum atomic E-state index is 0.548. The molecular formula is C32H56. The van der Waals surface area contributed by atoms with Crippen molar-refractivity contribution in [3.05, 3.63) is 11.6 Å². The molecule has 0 aromatic carbocycles. The van der Waals surface area contributed by atoms with Crippen LogP contribution in [0.3, 0.4) is 0 Å². The summed E-state index contributed by atoms with van der Waals surface area (Å²) in [7, 11) is 0. The van der Waals surface area contributed by atoms with Gasteiger partial charge in [0, 0.05) is 0 Å². The van der Waals surface area contributed by atoms with E-state index in [2.05, 4.69) is 47.6 Å². The highest BCUT2D eigenvalue weighted by Gasteiger charge is 2.59. The van der Waals surface area contributed by atoms with E-state index >= 15 is 0 Å². The second-order valence-electron chi connectivity index (χ2n) is 13.9. The highest BCUT2D eigenvalue weighted by Crippen LogP contribution is 2.67. The molecule has 0 heterocycles. The molecule has 0 amide bonds. The first kappa shape index (κ1) is 24.9. The van der Waals surface area contributed by atoms with Gasteiger partial charge < -0.3 is 0 Å². The predicted molar refractivity (Wildman–Crippen MR) is 141 cm³/mol. The van der Waals surface area contributed by atoms with Gasteiger partial charge in [0.1, 0.15) is 0 Å². The number of fused-ring (bicyclic) bond motifs is 5. The summed E-state index contributed by atoms with van der Waals surface area (Å²) in [5, 5.41) is 0. The molecule has 4 aliphatic rings. The summed E-state index contributed by atoms with van der Waals surface area (Å²) in [5.41, 5.74) is 3.09. The molecule has 3 saturated carbocycles. The largest absolute Gasteiger partial charge is 0.0845 e. The normalized spacial score (nSPS) is 42.2. The van der Waals surface area contributed by atoms with E-state index in [4.69, 9.17) is 0 Å². The van der Waals surface area contributed by atoms with E-state index in [1.807, 2.05) is 5.57 Å². The molecule has 0 spiro atoms. The molecule has 0 bridgehead atoms. The van der Waals surface area contributed by atoms with Crippen LogP contribution in [0.1, 0.15) is 138 Å². The van der Waals surface area contributed by atoms with Crippen LogP contribution in [-0.2, 0) is 0 Å². The molecule has 0 nitrogen and oxygen atoms in total. The lowest BCUT2D eigenvalue weighted by molar-refractivity contribution is -0.0529. The summed E-state index contributed by atoms with van der Waals surface area (Å²) in [6.07, 6.45) is 24.9. The first-order valence-electron chi connectivity index (χ1n) is 15.0. The summed E-state index contributed by atoms with van der Waals surface area (Å²) in [6.45, 7) is 15.2. The number of unbranched alkanes of at least 4 members (excludes halogenated alkanes) is 2. The zero-order chi connectivity index (χ0) is 22.9. The van der Waals surface area contributed by atoms with E-state index in [0.717, 1.165) is 41.4 Å². The molecule has 8 atom stereocenters. The van der Waals surface area contributed by atoms with Gasteiger partial charge in [-0.1, -0.05) is 98.1 Å². The van der Waals surface area contributed by atoms with Crippen molar-refractivity contribution >= 4 is 0 Å². The monoisotopic (exact) mass is 440 g/mol. The average Bonchev–Trinajstić information content (AvgIpc) is 3.11. The minimum absolute atomic E-state index is 0.548. The van der Waals surface area contributed by atoms with Crippen molar-refractivity contribution in [2.45, 2.75) is 138 Å². The third-order valence-electron chi connectivity index (χ3n) is 11.6. The number of allylic oxidation sites excluding steroid dienone is 2. The second-order valence-corrected chi connectivity index (χ2v) is 13.9. The minimum Gasteiger partial charge on any atom is -0.0845 e. The SMILES string of the molecule is CCCCCC1CCC2(C)C(=CCC3C2CCC2(C)C(C(C)CCCC(C)C)CCC32)C1. The molecule has 0 N–H and O–H groups in total. The van der Waals surface area contributed by atoms with Crippen LogP contribution in [0.2, 0.25) is 0 Å². The fourth-order valence-electron chi connectivity index (χ4n) is 9.69. The molecule has 184 valence electrons. The molecule has 32 heavy (non-hydrogen) atoms. The fraction of sp³-hybridized carbons (Fsp3) is 0.938. The molecule has 0 aromatic rings. The molecule has 4 aliphatic carbocycles. The Bertz CT molecular complexity index is 642.